The Balaban J connectivity index is 1.55. The molecule has 0 saturated carbocycles. The number of amides is 1. The number of rotatable bonds is 4. The maximum Gasteiger partial charge on any atom is 0.253 e. The average Bonchev–Trinajstić information content (AvgIpc) is 3.23. The summed E-state index contributed by atoms with van der Waals surface area (Å²) in [6.07, 6.45) is 4.25. The lowest BCUT2D eigenvalue weighted by molar-refractivity contribution is 0.0941. The van der Waals surface area contributed by atoms with E-state index in [0.29, 0.717) is 34.5 Å². The van der Waals surface area contributed by atoms with Gasteiger partial charge in [-0.1, -0.05) is 29.8 Å². The summed E-state index contributed by atoms with van der Waals surface area (Å²) in [5, 5.41) is 5.30. The van der Waals surface area contributed by atoms with Crippen molar-refractivity contribution in [3.63, 3.8) is 0 Å². The quantitative estimate of drug-likeness (QED) is 0.551. The second-order valence-corrected chi connectivity index (χ2v) is 6.90. The van der Waals surface area contributed by atoms with Crippen LogP contribution in [0.2, 0.25) is 5.02 Å². The molecule has 2 aromatic carbocycles. The molecule has 0 fully saturated rings. The fourth-order valence-electron chi connectivity index (χ4n) is 3.39. The highest BCUT2D eigenvalue weighted by Crippen LogP contribution is 2.25. The van der Waals surface area contributed by atoms with Gasteiger partial charge in [0, 0.05) is 47.2 Å². The highest BCUT2D eigenvalue weighted by atomic mass is 35.5. The Morgan fingerprint density at radius 1 is 1.15 bits per heavy atom. The van der Waals surface area contributed by atoms with Crippen LogP contribution in [-0.2, 0) is 6.42 Å². The molecule has 0 aliphatic rings. The Morgan fingerprint density at radius 2 is 1.96 bits per heavy atom. The molecule has 0 bridgehead atoms. The first-order chi connectivity index (χ1) is 13.0. The number of hydrogen-bond donors (Lipinski definition) is 2. The van der Waals surface area contributed by atoms with Gasteiger partial charge in [0.2, 0.25) is 5.91 Å². The number of nitrogens with one attached hydrogen (secondary N) is 2. The van der Waals surface area contributed by atoms with Crippen LogP contribution in [0.25, 0.3) is 21.8 Å². The third-order valence-corrected chi connectivity index (χ3v) is 4.94. The van der Waals surface area contributed by atoms with E-state index in [-0.39, 0.29) is 11.8 Å². The molecule has 2 heterocycles. The van der Waals surface area contributed by atoms with Crippen LogP contribution in [0.1, 0.15) is 27.6 Å². The molecular formula is C21H18ClN3O2. The van der Waals surface area contributed by atoms with Gasteiger partial charge in [0.25, 0.3) is 5.91 Å². The smallest absolute Gasteiger partial charge is 0.253 e. The second-order valence-electron chi connectivity index (χ2n) is 6.46. The molecule has 0 aliphatic carbocycles. The van der Waals surface area contributed by atoms with E-state index in [0.717, 1.165) is 16.5 Å². The summed E-state index contributed by atoms with van der Waals surface area (Å²) in [7, 11) is 0. The van der Waals surface area contributed by atoms with Crippen LogP contribution in [0.5, 0.6) is 0 Å². The van der Waals surface area contributed by atoms with Gasteiger partial charge in [-0.15, -0.1) is 0 Å². The zero-order chi connectivity index (χ0) is 19.0. The van der Waals surface area contributed by atoms with E-state index in [1.807, 2.05) is 24.4 Å². The van der Waals surface area contributed by atoms with Crippen LogP contribution >= 0.6 is 11.6 Å². The summed E-state index contributed by atoms with van der Waals surface area (Å²) >= 11 is 6.08. The molecule has 2 aromatic heterocycles. The van der Waals surface area contributed by atoms with Crippen molar-refractivity contribution in [2.75, 3.05) is 6.54 Å². The van der Waals surface area contributed by atoms with Crippen molar-refractivity contribution in [2.24, 2.45) is 0 Å². The monoisotopic (exact) mass is 379 g/mol. The number of aromatic nitrogens is 2. The van der Waals surface area contributed by atoms with Crippen LogP contribution in [0.3, 0.4) is 0 Å². The zero-order valence-corrected chi connectivity index (χ0v) is 15.5. The van der Waals surface area contributed by atoms with Crippen molar-refractivity contribution < 1.29 is 9.59 Å². The molecule has 0 radical (unpaired) electrons. The highest BCUT2D eigenvalue weighted by Gasteiger charge is 2.17. The normalized spacial score (nSPS) is 11.2. The number of fused-ring (bicyclic) bond motifs is 2. The maximum absolute atomic E-state index is 12.7. The topological polar surface area (TPSA) is 66.9 Å². The molecule has 2 N–H and O–H groups in total. The molecule has 0 atom stereocenters. The first kappa shape index (κ1) is 17.4. The van der Waals surface area contributed by atoms with E-state index < -0.39 is 0 Å². The molecule has 0 unspecified atom stereocenters. The Bertz CT molecular complexity index is 1170. The Kier molecular flexibility index (Phi) is 4.46. The van der Waals surface area contributed by atoms with Crippen molar-refractivity contribution in [2.45, 2.75) is 13.3 Å². The van der Waals surface area contributed by atoms with Crippen LogP contribution < -0.4 is 5.32 Å². The standard InChI is InChI=1S/C21H18ClN3O2/c1-13(26)25-12-18(17-10-15(22)6-7-20(17)25)21(27)23-9-8-14-11-24-19-5-3-2-4-16(14)19/h2-7,10-12,24H,8-9H2,1H3,(H,23,27). The van der Waals surface area contributed by atoms with E-state index in [9.17, 15) is 9.59 Å². The third kappa shape index (κ3) is 3.22. The lowest BCUT2D eigenvalue weighted by Gasteiger charge is -2.04. The SMILES string of the molecule is CC(=O)n1cc(C(=O)NCCc2c[nH]c3ccccc23)c2cc(Cl)ccc21. The highest BCUT2D eigenvalue weighted by molar-refractivity contribution is 6.31. The summed E-state index contributed by atoms with van der Waals surface area (Å²) in [6.45, 7) is 1.96. The summed E-state index contributed by atoms with van der Waals surface area (Å²) in [4.78, 5) is 27.8. The second kappa shape index (κ2) is 6.93. The molecule has 0 spiro atoms. The number of halogens is 1. The number of nitrogens with zero attached hydrogens (tertiary/aromatic N) is 1. The van der Waals surface area contributed by atoms with E-state index in [2.05, 4.69) is 16.4 Å². The fraction of sp³-hybridized carbons (Fsp3) is 0.143. The van der Waals surface area contributed by atoms with Crippen LogP contribution in [0.4, 0.5) is 0 Å². The minimum Gasteiger partial charge on any atom is -0.361 e. The van der Waals surface area contributed by atoms with Gasteiger partial charge in [-0.05, 0) is 36.2 Å². The lowest BCUT2D eigenvalue weighted by atomic mass is 10.1. The third-order valence-electron chi connectivity index (χ3n) is 4.71. The van der Waals surface area contributed by atoms with Gasteiger partial charge in [0.05, 0.1) is 11.1 Å². The van der Waals surface area contributed by atoms with E-state index in [1.54, 1.807) is 24.4 Å². The van der Waals surface area contributed by atoms with Gasteiger partial charge in [0.1, 0.15) is 0 Å². The van der Waals surface area contributed by atoms with Crippen molar-refractivity contribution in [3.05, 3.63) is 71.0 Å². The Morgan fingerprint density at radius 3 is 2.78 bits per heavy atom. The fourth-order valence-corrected chi connectivity index (χ4v) is 3.56. The molecule has 5 nitrogen and oxygen atoms in total. The molecule has 6 heteroatoms. The van der Waals surface area contributed by atoms with Gasteiger partial charge >= 0.3 is 0 Å². The molecule has 0 saturated heterocycles. The number of aromatic amines is 1. The first-order valence-corrected chi connectivity index (χ1v) is 9.07. The van der Waals surface area contributed by atoms with E-state index >= 15 is 0 Å². The minimum atomic E-state index is -0.220. The number of para-hydroxylation sites is 1. The van der Waals surface area contributed by atoms with E-state index in [4.69, 9.17) is 11.6 Å². The summed E-state index contributed by atoms with van der Waals surface area (Å²) in [5.41, 5.74) is 3.36. The van der Waals surface area contributed by atoms with Crippen LogP contribution in [0.15, 0.2) is 54.9 Å². The lowest BCUT2D eigenvalue weighted by Crippen LogP contribution is -2.25. The van der Waals surface area contributed by atoms with Gasteiger partial charge in [-0.2, -0.15) is 0 Å². The molecule has 136 valence electrons. The van der Waals surface area contributed by atoms with Crippen LogP contribution in [0, 0.1) is 0 Å². The number of carbonyl (C=O) groups excluding carboxylic acids is 2. The predicted octanol–water partition coefficient (Wildman–Crippen LogP) is 4.41. The van der Waals surface area contributed by atoms with Crippen molar-refractivity contribution in [1.29, 1.82) is 0 Å². The number of benzene rings is 2. The maximum atomic E-state index is 12.7. The van der Waals surface area contributed by atoms with Crippen molar-refractivity contribution in [1.82, 2.24) is 14.9 Å². The number of hydrogen-bond acceptors (Lipinski definition) is 2. The first-order valence-electron chi connectivity index (χ1n) is 8.69. The Hall–Kier alpha value is -3.05. The number of carbonyl (C=O) groups is 2. The average molecular weight is 380 g/mol. The molecule has 1 amide bonds. The molecule has 27 heavy (non-hydrogen) atoms. The Labute approximate surface area is 160 Å². The molecule has 0 aliphatic heterocycles. The summed E-state index contributed by atoms with van der Waals surface area (Å²) < 4.78 is 1.47. The number of H-pyrrole nitrogens is 1. The van der Waals surface area contributed by atoms with E-state index in [1.165, 1.54) is 11.5 Å². The molecule has 4 aromatic rings. The van der Waals surface area contributed by atoms with Crippen LogP contribution in [-0.4, -0.2) is 27.9 Å². The summed E-state index contributed by atoms with van der Waals surface area (Å²) in [6, 6.07) is 13.2. The minimum absolute atomic E-state index is 0.153. The predicted molar refractivity (Wildman–Crippen MR) is 108 cm³/mol. The van der Waals surface area contributed by atoms with Crippen molar-refractivity contribution in [3.8, 4) is 0 Å². The molecular weight excluding hydrogens is 362 g/mol. The zero-order valence-electron chi connectivity index (χ0n) is 14.8. The summed E-state index contributed by atoms with van der Waals surface area (Å²) in [5.74, 6) is -0.373. The van der Waals surface area contributed by atoms with Gasteiger partial charge < -0.3 is 10.3 Å². The van der Waals surface area contributed by atoms with Crippen molar-refractivity contribution >= 4 is 45.2 Å². The van der Waals surface area contributed by atoms with Gasteiger partial charge in [-0.3, -0.25) is 14.2 Å². The van der Waals surface area contributed by atoms with Gasteiger partial charge in [0.15, 0.2) is 0 Å². The largest absolute Gasteiger partial charge is 0.361 e. The molecule has 4 rings (SSSR count). The van der Waals surface area contributed by atoms with Gasteiger partial charge in [-0.25, -0.2) is 0 Å².